The number of rotatable bonds is 6. The van der Waals surface area contributed by atoms with Crippen LogP contribution in [0.4, 0.5) is 10.1 Å². The van der Waals surface area contributed by atoms with Crippen molar-refractivity contribution in [3.63, 3.8) is 0 Å². The second-order valence-electron chi connectivity index (χ2n) is 6.72. The predicted octanol–water partition coefficient (Wildman–Crippen LogP) is 5.33. The standard InChI is InChI=1S/C23H20FN3O/c24-21-6-2-1-5-20(21)17-10-8-16(9-11-17)4-3-7-22(28)27-19-14-18-12-13-25-23(18)26-15-19/h1-2,5-6,8-15H,3-4,7H2,(H,25,26)(H,27,28). The largest absolute Gasteiger partial charge is 0.346 e. The van der Waals surface area contributed by atoms with Crippen LogP contribution in [-0.2, 0) is 11.2 Å². The highest BCUT2D eigenvalue weighted by Crippen LogP contribution is 2.23. The number of anilines is 1. The van der Waals surface area contributed by atoms with Crippen LogP contribution in [0.25, 0.3) is 22.2 Å². The molecular weight excluding hydrogens is 353 g/mol. The van der Waals surface area contributed by atoms with Gasteiger partial charge in [-0.25, -0.2) is 9.37 Å². The molecule has 2 N–H and O–H groups in total. The first-order valence-corrected chi connectivity index (χ1v) is 9.26. The summed E-state index contributed by atoms with van der Waals surface area (Å²) >= 11 is 0. The number of fused-ring (bicyclic) bond motifs is 1. The molecule has 0 aliphatic rings. The lowest BCUT2D eigenvalue weighted by Crippen LogP contribution is -2.11. The van der Waals surface area contributed by atoms with Crippen molar-refractivity contribution < 1.29 is 9.18 Å². The van der Waals surface area contributed by atoms with Gasteiger partial charge < -0.3 is 10.3 Å². The van der Waals surface area contributed by atoms with Crippen LogP contribution in [0.5, 0.6) is 0 Å². The van der Waals surface area contributed by atoms with Crippen LogP contribution in [0.2, 0.25) is 0 Å². The summed E-state index contributed by atoms with van der Waals surface area (Å²) in [5.41, 5.74) is 4.08. The molecule has 0 atom stereocenters. The van der Waals surface area contributed by atoms with Crippen molar-refractivity contribution in [2.24, 2.45) is 0 Å². The Labute approximate surface area is 162 Å². The molecule has 0 aliphatic carbocycles. The highest BCUT2D eigenvalue weighted by molar-refractivity contribution is 5.92. The fourth-order valence-electron chi connectivity index (χ4n) is 3.23. The average Bonchev–Trinajstić information content (AvgIpc) is 3.17. The minimum Gasteiger partial charge on any atom is -0.346 e. The van der Waals surface area contributed by atoms with Crippen LogP contribution in [0, 0.1) is 5.82 Å². The van der Waals surface area contributed by atoms with Crippen molar-refractivity contribution in [2.75, 3.05) is 5.32 Å². The molecule has 4 aromatic rings. The Balaban J connectivity index is 1.29. The number of H-pyrrole nitrogens is 1. The molecule has 0 bridgehead atoms. The number of halogens is 1. The number of aromatic amines is 1. The second kappa shape index (κ2) is 8.05. The number of nitrogens with one attached hydrogen (secondary N) is 2. The average molecular weight is 373 g/mol. The molecule has 0 radical (unpaired) electrons. The van der Waals surface area contributed by atoms with Crippen molar-refractivity contribution in [3.8, 4) is 11.1 Å². The number of aromatic nitrogens is 2. The van der Waals surface area contributed by atoms with Gasteiger partial charge in [-0.2, -0.15) is 0 Å². The monoisotopic (exact) mass is 373 g/mol. The van der Waals surface area contributed by atoms with Gasteiger partial charge in [0.05, 0.1) is 11.9 Å². The van der Waals surface area contributed by atoms with Gasteiger partial charge >= 0.3 is 0 Å². The molecular formula is C23H20FN3O. The van der Waals surface area contributed by atoms with E-state index in [-0.39, 0.29) is 11.7 Å². The smallest absolute Gasteiger partial charge is 0.224 e. The maximum atomic E-state index is 13.9. The van der Waals surface area contributed by atoms with Crippen LogP contribution in [-0.4, -0.2) is 15.9 Å². The predicted molar refractivity (Wildman–Crippen MR) is 109 cm³/mol. The maximum absolute atomic E-state index is 13.9. The molecule has 4 rings (SSSR count). The normalized spacial score (nSPS) is 10.9. The maximum Gasteiger partial charge on any atom is 0.224 e. The summed E-state index contributed by atoms with van der Waals surface area (Å²) in [6, 6.07) is 18.4. The zero-order valence-electron chi connectivity index (χ0n) is 15.3. The van der Waals surface area contributed by atoms with E-state index in [4.69, 9.17) is 0 Å². The molecule has 0 saturated carbocycles. The number of carbonyl (C=O) groups is 1. The molecule has 0 fully saturated rings. The van der Waals surface area contributed by atoms with Gasteiger partial charge in [0.15, 0.2) is 0 Å². The van der Waals surface area contributed by atoms with Gasteiger partial charge in [-0.15, -0.1) is 0 Å². The molecule has 2 heterocycles. The topological polar surface area (TPSA) is 57.8 Å². The molecule has 0 unspecified atom stereocenters. The molecule has 4 nitrogen and oxygen atoms in total. The molecule has 0 spiro atoms. The number of hydrogen-bond acceptors (Lipinski definition) is 2. The van der Waals surface area contributed by atoms with Crippen LogP contribution in [0.15, 0.2) is 73.1 Å². The summed E-state index contributed by atoms with van der Waals surface area (Å²) in [6.07, 6.45) is 5.43. The van der Waals surface area contributed by atoms with Crippen LogP contribution in [0.3, 0.4) is 0 Å². The third-order valence-corrected chi connectivity index (χ3v) is 4.69. The quantitative estimate of drug-likeness (QED) is 0.480. The van der Waals surface area contributed by atoms with E-state index in [0.29, 0.717) is 17.7 Å². The van der Waals surface area contributed by atoms with E-state index in [1.54, 1.807) is 18.3 Å². The first kappa shape index (κ1) is 17.9. The third-order valence-electron chi connectivity index (χ3n) is 4.69. The van der Waals surface area contributed by atoms with E-state index < -0.39 is 0 Å². The fraction of sp³-hybridized carbons (Fsp3) is 0.130. The van der Waals surface area contributed by atoms with Gasteiger partial charge in [0.1, 0.15) is 11.5 Å². The summed E-state index contributed by atoms with van der Waals surface area (Å²) in [7, 11) is 0. The van der Waals surface area contributed by atoms with Crippen molar-refractivity contribution in [2.45, 2.75) is 19.3 Å². The Morgan fingerprint density at radius 2 is 1.89 bits per heavy atom. The van der Waals surface area contributed by atoms with Crippen LogP contribution < -0.4 is 5.32 Å². The van der Waals surface area contributed by atoms with E-state index in [0.717, 1.165) is 35.0 Å². The van der Waals surface area contributed by atoms with E-state index in [2.05, 4.69) is 15.3 Å². The molecule has 0 aliphatic heterocycles. The number of aryl methyl sites for hydroxylation is 1. The van der Waals surface area contributed by atoms with Crippen LogP contribution in [0.1, 0.15) is 18.4 Å². The van der Waals surface area contributed by atoms with Crippen LogP contribution >= 0.6 is 0 Å². The minimum atomic E-state index is -0.223. The molecule has 140 valence electrons. The third kappa shape index (κ3) is 4.09. The lowest BCUT2D eigenvalue weighted by molar-refractivity contribution is -0.116. The zero-order valence-corrected chi connectivity index (χ0v) is 15.3. The van der Waals surface area contributed by atoms with Gasteiger partial charge in [-0.05, 0) is 42.2 Å². The van der Waals surface area contributed by atoms with Gasteiger partial charge in [0.25, 0.3) is 0 Å². The van der Waals surface area contributed by atoms with E-state index in [1.165, 1.54) is 6.07 Å². The van der Waals surface area contributed by atoms with E-state index in [1.807, 2.05) is 48.7 Å². The Kier molecular flexibility index (Phi) is 5.15. The summed E-state index contributed by atoms with van der Waals surface area (Å²) in [4.78, 5) is 19.5. The Morgan fingerprint density at radius 3 is 2.71 bits per heavy atom. The summed E-state index contributed by atoms with van der Waals surface area (Å²) in [6.45, 7) is 0. The molecule has 0 saturated heterocycles. The van der Waals surface area contributed by atoms with Gasteiger partial charge in [0, 0.05) is 23.6 Å². The highest BCUT2D eigenvalue weighted by Gasteiger charge is 2.06. The van der Waals surface area contributed by atoms with E-state index in [9.17, 15) is 9.18 Å². The fourth-order valence-corrected chi connectivity index (χ4v) is 3.23. The number of carbonyl (C=O) groups excluding carboxylic acids is 1. The van der Waals surface area contributed by atoms with Crippen molar-refractivity contribution in [1.29, 1.82) is 0 Å². The van der Waals surface area contributed by atoms with Crippen molar-refractivity contribution in [3.05, 3.63) is 84.4 Å². The van der Waals surface area contributed by atoms with Gasteiger partial charge in [0.2, 0.25) is 5.91 Å². The van der Waals surface area contributed by atoms with E-state index >= 15 is 0 Å². The van der Waals surface area contributed by atoms with Gasteiger partial charge in [-0.1, -0.05) is 42.5 Å². The number of pyridine rings is 1. The Hall–Kier alpha value is -3.47. The Bertz CT molecular complexity index is 1100. The first-order chi connectivity index (χ1) is 13.7. The van der Waals surface area contributed by atoms with Crippen molar-refractivity contribution >= 4 is 22.6 Å². The molecule has 28 heavy (non-hydrogen) atoms. The molecule has 2 aromatic carbocycles. The number of benzene rings is 2. The second-order valence-corrected chi connectivity index (χ2v) is 6.72. The number of nitrogens with zero attached hydrogens (tertiary/aromatic N) is 1. The lowest BCUT2D eigenvalue weighted by Gasteiger charge is -2.07. The summed E-state index contributed by atoms with van der Waals surface area (Å²) in [5.74, 6) is -0.251. The summed E-state index contributed by atoms with van der Waals surface area (Å²) < 4.78 is 13.9. The summed E-state index contributed by atoms with van der Waals surface area (Å²) in [5, 5.41) is 3.86. The molecule has 5 heteroatoms. The lowest BCUT2D eigenvalue weighted by atomic mass is 10.0. The molecule has 2 aromatic heterocycles. The SMILES string of the molecule is O=C(CCCc1ccc(-c2ccccc2F)cc1)Nc1cnc2[nH]ccc2c1. The van der Waals surface area contributed by atoms with Crippen molar-refractivity contribution in [1.82, 2.24) is 9.97 Å². The minimum absolute atomic E-state index is 0.0281. The number of amides is 1. The zero-order chi connectivity index (χ0) is 19.3. The van der Waals surface area contributed by atoms with Gasteiger partial charge in [-0.3, -0.25) is 4.79 Å². The first-order valence-electron chi connectivity index (χ1n) is 9.26. The Morgan fingerprint density at radius 1 is 1.07 bits per heavy atom. The molecule has 1 amide bonds. The highest BCUT2D eigenvalue weighted by atomic mass is 19.1. The number of hydrogen-bond donors (Lipinski definition) is 2.